The molecule has 1 N–H and O–H groups in total. The van der Waals surface area contributed by atoms with Gasteiger partial charge in [0.15, 0.2) is 0 Å². The minimum Gasteiger partial charge on any atom is -0.337 e. The Balaban J connectivity index is 1.38. The Hall–Kier alpha value is -2.52. The molecule has 142 valence electrons. The third kappa shape index (κ3) is 4.09. The molecule has 1 aromatic heterocycles. The van der Waals surface area contributed by atoms with Crippen LogP contribution in [-0.4, -0.2) is 61.4 Å². The lowest BCUT2D eigenvalue weighted by molar-refractivity contribution is 0.0746. The Kier molecular flexibility index (Phi) is 4.79. The van der Waals surface area contributed by atoms with Crippen LogP contribution in [0.15, 0.2) is 47.6 Å². The first-order chi connectivity index (χ1) is 13.0. The number of carbonyl (C=O) groups excluding carboxylic acids is 1. The molecule has 2 heterocycles. The lowest BCUT2D eigenvalue weighted by Crippen LogP contribution is -2.49. The second-order valence-electron chi connectivity index (χ2n) is 6.75. The highest BCUT2D eigenvalue weighted by Crippen LogP contribution is 2.22. The molecule has 27 heavy (non-hydrogen) atoms. The smallest absolute Gasteiger partial charge is 0.253 e. The van der Waals surface area contributed by atoms with E-state index in [1.54, 1.807) is 35.5 Å². The van der Waals surface area contributed by atoms with Crippen LogP contribution in [0.25, 0.3) is 0 Å². The van der Waals surface area contributed by atoms with Crippen LogP contribution in [0.1, 0.15) is 23.2 Å². The zero-order valence-electron chi connectivity index (χ0n) is 14.8. The van der Waals surface area contributed by atoms with Gasteiger partial charge in [0, 0.05) is 50.2 Å². The minimum absolute atomic E-state index is 0.0567. The van der Waals surface area contributed by atoms with Gasteiger partial charge in [-0.15, -0.1) is 0 Å². The number of aromatic nitrogens is 2. The number of benzene rings is 1. The van der Waals surface area contributed by atoms with Crippen molar-refractivity contribution < 1.29 is 13.2 Å². The van der Waals surface area contributed by atoms with Crippen molar-refractivity contribution in [1.82, 2.24) is 19.6 Å². The lowest BCUT2D eigenvalue weighted by Gasteiger charge is -2.34. The van der Waals surface area contributed by atoms with Crippen molar-refractivity contribution in [1.29, 1.82) is 0 Å². The topological polar surface area (TPSA) is 95.5 Å². The van der Waals surface area contributed by atoms with Gasteiger partial charge in [0.2, 0.25) is 16.0 Å². The molecule has 9 heteroatoms. The van der Waals surface area contributed by atoms with E-state index >= 15 is 0 Å². The summed E-state index contributed by atoms with van der Waals surface area (Å²) in [5.41, 5.74) is 0.491. The van der Waals surface area contributed by atoms with Crippen molar-refractivity contribution in [3.05, 3.63) is 48.3 Å². The van der Waals surface area contributed by atoms with Gasteiger partial charge in [-0.2, -0.15) is 0 Å². The van der Waals surface area contributed by atoms with Gasteiger partial charge in [0.1, 0.15) is 0 Å². The summed E-state index contributed by atoms with van der Waals surface area (Å²) in [6.45, 7) is 2.46. The van der Waals surface area contributed by atoms with Gasteiger partial charge in [-0.1, -0.05) is 0 Å². The number of anilines is 1. The van der Waals surface area contributed by atoms with E-state index in [2.05, 4.69) is 14.7 Å². The first kappa shape index (κ1) is 17.9. The molecule has 4 rings (SSSR count). The number of hydrogen-bond acceptors (Lipinski definition) is 6. The Morgan fingerprint density at radius 3 is 2.22 bits per heavy atom. The average molecular weight is 387 g/mol. The van der Waals surface area contributed by atoms with Crippen LogP contribution in [0.5, 0.6) is 0 Å². The van der Waals surface area contributed by atoms with Gasteiger partial charge in [0.05, 0.1) is 4.90 Å². The van der Waals surface area contributed by atoms with Crippen LogP contribution in [0.4, 0.5) is 5.95 Å². The standard InChI is InChI=1S/C18H21N5O3S/c24-17(22-10-12-23(13-11-22)18-19-8-1-9-20-18)14-2-6-16(7-3-14)27(25,26)21-15-4-5-15/h1-3,6-9,15,21H,4-5,10-13H2. The largest absolute Gasteiger partial charge is 0.337 e. The number of piperazine rings is 1. The van der Waals surface area contributed by atoms with Crippen molar-refractivity contribution in [2.75, 3.05) is 31.1 Å². The van der Waals surface area contributed by atoms with Gasteiger partial charge in [-0.3, -0.25) is 4.79 Å². The van der Waals surface area contributed by atoms with E-state index in [4.69, 9.17) is 0 Å². The van der Waals surface area contributed by atoms with E-state index in [-0.39, 0.29) is 16.8 Å². The second kappa shape index (κ2) is 7.24. The van der Waals surface area contributed by atoms with E-state index in [1.165, 1.54) is 12.1 Å². The molecule has 0 spiro atoms. The summed E-state index contributed by atoms with van der Waals surface area (Å²) in [5, 5.41) is 0. The Labute approximate surface area is 158 Å². The van der Waals surface area contributed by atoms with E-state index in [0.29, 0.717) is 37.7 Å². The van der Waals surface area contributed by atoms with E-state index in [1.807, 2.05) is 4.90 Å². The predicted molar refractivity (Wildman–Crippen MR) is 99.9 cm³/mol. The maximum Gasteiger partial charge on any atom is 0.253 e. The SMILES string of the molecule is O=C(c1ccc(S(=O)(=O)NC2CC2)cc1)N1CCN(c2ncccn2)CC1. The number of hydrogen-bond donors (Lipinski definition) is 1. The highest BCUT2D eigenvalue weighted by molar-refractivity contribution is 7.89. The number of amides is 1. The summed E-state index contributed by atoms with van der Waals surface area (Å²) in [6, 6.07) is 7.97. The summed E-state index contributed by atoms with van der Waals surface area (Å²) in [6.07, 6.45) is 5.17. The molecule has 1 aliphatic heterocycles. The minimum atomic E-state index is -3.50. The second-order valence-corrected chi connectivity index (χ2v) is 8.46. The molecule has 0 bridgehead atoms. The van der Waals surface area contributed by atoms with Crippen molar-refractivity contribution in [2.45, 2.75) is 23.8 Å². The lowest BCUT2D eigenvalue weighted by atomic mass is 10.2. The molecule has 0 atom stereocenters. The summed E-state index contributed by atoms with van der Waals surface area (Å²) in [4.78, 5) is 25.2. The van der Waals surface area contributed by atoms with Crippen molar-refractivity contribution in [2.24, 2.45) is 0 Å². The van der Waals surface area contributed by atoms with E-state index in [0.717, 1.165) is 12.8 Å². The maximum atomic E-state index is 12.7. The fraction of sp³-hybridized carbons (Fsp3) is 0.389. The van der Waals surface area contributed by atoms with Gasteiger partial charge >= 0.3 is 0 Å². The third-order valence-electron chi connectivity index (χ3n) is 4.71. The number of carbonyl (C=O) groups is 1. The van der Waals surface area contributed by atoms with Crippen LogP contribution >= 0.6 is 0 Å². The van der Waals surface area contributed by atoms with Crippen LogP contribution in [0, 0.1) is 0 Å². The summed E-state index contributed by atoms with van der Waals surface area (Å²) < 4.78 is 27.1. The Morgan fingerprint density at radius 1 is 1.00 bits per heavy atom. The zero-order chi connectivity index (χ0) is 18.9. The highest BCUT2D eigenvalue weighted by atomic mass is 32.2. The van der Waals surface area contributed by atoms with Crippen LogP contribution < -0.4 is 9.62 Å². The molecular formula is C18H21N5O3S. The number of sulfonamides is 1. The van der Waals surface area contributed by atoms with Gasteiger partial charge in [-0.25, -0.2) is 23.1 Å². The fourth-order valence-corrected chi connectivity index (χ4v) is 4.32. The average Bonchev–Trinajstić information content (AvgIpc) is 3.52. The van der Waals surface area contributed by atoms with E-state index < -0.39 is 10.0 Å². The molecule has 0 unspecified atom stereocenters. The first-order valence-electron chi connectivity index (χ1n) is 8.96. The molecule has 1 saturated heterocycles. The summed E-state index contributed by atoms with van der Waals surface area (Å²) >= 11 is 0. The molecule has 2 fully saturated rings. The zero-order valence-corrected chi connectivity index (χ0v) is 15.6. The number of rotatable bonds is 5. The van der Waals surface area contributed by atoms with Crippen molar-refractivity contribution in [3.8, 4) is 0 Å². The number of nitrogens with zero attached hydrogens (tertiary/aromatic N) is 4. The predicted octanol–water partition coefficient (Wildman–Crippen LogP) is 0.880. The molecule has 1 aliphatic carbocycles. The first-order valence-corrected chi connectivity index (χ1v) is 10.4. The molecular weight excluding hydrogens is 366 g/mol. The molecule has 8 nitrogen and oxygen atoms in total. The summed E-state index contributed by atoms with van der Waals surface area (Å²) in [7, 11) is -3.50. The molecule has 1 amide bonds. The molecule has 1 aromatic carbocycles. The van der Waals surface area contributed by atoms with Gasteiger partial charge < -0.3 is 9.80 Å². The number of nitrogens with one attached hydrogen (secondary N) is 1. The van der Waals surface area contributed by atoms with Gasteiger partial charge in [-0.05, 0) is 43.2 Å². The van der Waals surface area contributed by atoms with Crippen LogP contribution in [-0.2, 0) is 10.0 Å². The quantitative estimate of drug-likeness (QED) is 0.818. The molecule has 0 radical (unpaired) electrons. The van der Waals surface area contributed by atoms with Crippen molar-refractivity contribution >= 4 is 21.9 Å². The molecule has 2 aliphatic rings. The van der Waals surface area contributed by atoms with Gasteiger partial charge in [0.25, 0.3) is 5.91 Å². The summed E-state index contributed by atoms with van der Waals surface area (Å²) in [5.74, 6) is 0.574. The molecule has 1 saturated carbocycles. The molecule has 2 aromatic rings. The van der Waals surface area contributed by atoms with Crippen LogP contribution in [0.3, 0.4) is 0 Å². The Bertz CT molecular complexity index is 906. The maximum absolute atomic E-state index is 12.7. The van der Waals surface area contributed by atoms with E-state index in [9.17, 15) is 13.2 Å². The monoisotopic (exact) mass is 387 g/mol. The normalized spacial score (nSPS) is 17.8. The highest BCUT2D eigenvalue weighted by Gasteiger charge is 2.28. The third-order valence-corrected chi connectivity index (χ3v) is 6.25. The fourth-order valence-electron chi connectivity index (χ4n) is 3.01. The van der Waals surface area contributed by atoms with Crippen molar-refractivity contribution in [3.63, 3.8) is 0 Å². The van der Waals surface area contributed by atoms with Crippen LogP contribution in [0.2, 0.25) is 0 Å². The Morgan fingerprint density at radius 2 is 1.63 bits per heavy atom.